The van der Waals surface area contributed by atoms with Crippen LogP contribution in [0.4, 0.5) is 0 Å². The van der Waals surface area contributed by atoms with Crippen LogP contribution in [0, 0.1) is 0 Å². The molecule has 0 atom stereocenters. The van der Waals surface area contributed by atoms with Gasteiger partial charge in [0.05, 0.1) is 12.4 Å². The summed E-state index contributed by atoms with van der Waals surface area (Å²) >= 11 is 4.18. The zero-order chi connectivity index (χ0) is 40.1. The van der Waals surface area contributed by atoms with E-state index in [9.17, 15) is 0 Å². The molecule has 6 heteroatoms. The molecule has 56 heavy (non-hydrogen) atoms. The molecule has 0 aliphatic rings. The number of hydrogen-bond donors (Lipinski definition) is 3. The molecule has 0 saturated carbocycles. The van der Waals surface area contributed by atoms with Crippen molar-refractivity contribution < 1.29 is 11.0 Å². The van der Waals surface area contributed by atoms with Gasteiger partial charge in [-0.15, -0.1) is 0 Å². The fourth-order valence-corrected chi connectivity index (χ4v) is 6.79. The summed E-state index contributed by atoms with van der Waals surface area (Å²) in [6.45, 7) is 20.8. The van der Waals surface area contributed by atoms with Crippen LogP contribution in [0.25, 0.3) is 0 Å². The Morgan fingerprint density at radius 1 is 0.482 bits per heavy atom. The number of thiol groups is 1. The van der Waals surface area contributed by atoms with Crippen molar-refractivity contribution in [3.63, 3.8) is 0 Å². The second kappa shape index (κ2) is 72.1. The van der Waals surface area contributed by atoms with E-state index >= 15 is 0 Å². The van der Waals surface area contributed by atoms with E-state index in [4.69, 9.17) is 9.53 Å². The Morgan fingerprint density at radius 2 is 0.750 bits per heavy atom. The minimum atomic E-state index is 0. The molecule has 0 aliphatic carbocycles. The molecular formula is C50H115N3O2S. The highest BCUT2D eigenvalue weighted by molar-refractivity contribution is 7.78. The number of ether oxygens (including phenoxy) is 1. The van der Waals surface area contributed by atoms with Crippen molar-refractivity contribution in [3.05, 3.63) is 12.3 Å². The Hall–Kier alpha value is -0.560. The van der Waals surface area contributed by atoms with E-state index in [1.165, 1.54) is 239 Å². The third-order valence-corrected chi connectivity index (χ3v) is 10.3. The first-order chi connectivity index (χ1) is 26.2. The zero-order valence-electron chi connectivity index (χ0n) is 37.3. The standard InChI is InChI=1S/C37H76N2OS.C8H18.CH5N.CH2O.3CH4.H2/c1-4-6-8-10-11-12-13-14-15-16-17-18-19-20-23-27-33-39(35-30-32-38-41)34-28-24-21-22-26-31-37(3)40-36-29-25-9-7-5-2;1-3-5-7-8-6-4-2;2*1-2;;;;/h38,41H,3-36H2,1-2H3;3-8H2,1-2H3;2H2,1H3;1H2;3*1H4;1H. The van der Waals surface area contributed by atoms with Crippen LogP contribution in [0.5, 0.6) is 0 Å². The van der Waals surface area contributed by atoms with E-state index in [2.05, 4.69) is 62.4 Å². The first kappa shape index (κ1) is 70.0. The van der Waals surface area contributed by atoms with E-state index in [-0.39, 0.29) is 23.7 Å². The van der Waals surface area contributed by atoms with Gasteiger partial charge < -0.3 is 20.2 Å². The molecule has 0 heterocycles. The number of unbranched alkanes of at least 4 members (excludes halogenated alkanes) is 28. The fourth-order valence-electron chi connectivity index (χ4n) is 6.64. The Labute approximate surface area is 365 Å². The first-order valence-electron chi connectivity index (χ1n) is 23.4. The van der Waals surface area contributed by atoms with E-state index in [1.54, 1.807) is 0 Å². The van der Waals surface area contributed by atoms with Gasteiger partial charge in [-0.2, -0.15) is 0 Å². The molecule has 0 unspecified atom stereocenters. The van der Waals surface area contributed by atoms with Crippen molar-refractivity contribution in [2.24, 2.45) is 5.73 Å². The van der Waals surface area contributed by atoms with Crippen LogP contribution in [0.3, 0.4) is 0 Å². The quantitative estimate of drug-likeness (QED) is 0.0326. The molecule has 0 aliphatic heterocycles. The molecule has 0 spiro atoms. The average molecular weight is 823 g/mol. The van der Waals surface area contributed by atoms with Crippen molar-refractivity contribution in [3.8, 4) is 0 Å². The number of nitrogens with zero attached hydrogens (tertiary/aromatic N) is 1. The smallest absolute Gasteiger partial charge is 0.106 e. The minimum Gasteiger partial charge on any atom is -0.499 e. The van der Waals surface area contributed by atoms with Gasteiger partial charge in [0.15, 0.2) is 0 Å². The van der Waals surface area contributed by atoms with Gasteiger partial charge in [0, 0.05) is 14.4 Å². The summed E-state index contributed by atoms with van der Waals surface area (Å²) in [5.74, 6) is 1.00. The Kier molecular flexibility index (Phi) is 90.1. The molecule has 0 aromatic heterocycles. The number of carbonyl (C=O) groups is 1. The van der Waals surface area contributed by atoms with Gasteiger partial charge in [-0.05, 0) is 58.8 Å². The van der Waals surface area contributed by atoms with E-state index in [0.717, 1.165) is 25.3 Å². The van der Waals surface area contributed by atoms with E-state index in [1.807, 2.05) is 6.79 Å². The van der Waals surface area contributed by atoms with Crippen molar-refractivity contribution in [2.75, 3.05) is 39.8 Å². The minimum absolute atomic E-state index is 0. The van der Waals surface area contributed by atoms with Crippen molar-refractivity contribution in [1.29, 1.82) is 0 Å². The molecule has 0 aromatic rings. The summed E-state index contributed by atoms with van der Waals surface area (Å²) in [5, 5.41) is 0. The second-order valence-corrected chi connectivity index (χ2v) is 15.5. The molecule has 0 rings (SSSR count). The molecule has 3 N–H and O–H groups in total. The molecule has 0 saturated heterocycles. The highest BCUT2D eigenvalue weighted by Gasteiger charge is 2.05. The summed E-state index contributed by atoms with van der Waals surface area (Å²) in [5.41, 5.74) is 4.50. The number of carbonyl (C=O) groups excluding carboxylic acids is 1. The Balaban J connectivity index is -0.000000219. The second-order valence-electron chi connectivity index (χ2n) is 15.1. The number of allylic oxidation sites excluding steroid dienone is 1. The van der Waals surface area contributed by atoms with Crippen LogP contribution >= 0.6 is 12.8 Å². The van der Waals surface area contributed by atoms with Crippen molar-refractivity contribution >= 4 is 19.6 Å². The maximum Gasteiger partial charge on any atom is 0.106 e. The van der Waals surface area contributed by atoms with Crippen LogP contribution in [-0.4, -0.2) is 51.5 Å². The van der Waals surface area contributed by atoms with Gasteiger partial charge in [0.25, 0.3) is 0 Å². The highest BCUT2D eigenvalue weighted by Crippen LogP contribution is 2.15. The highest BCUT2D eigenvalue weighted by atomic mass is 32.1. The summed E-state index contributed by atoms with van der Waals surface area (Å²) in [7, 11) is 1.50. The zero-order valence-corrected chi connectivity index (χ0v) is 38.2. The third kappa shape index (κ3) is 71.2. The molecule has 0 radical (unpaired) electrons. The van der Waals surface area contributed by atoms with E-state index in [0.29, 0.717) is 0 Å². The molecule has 0 bridgehead atoms. The number of hydrogen-bond acceptors (Lipinski definition) is 6. The molecule has 5 nitrogen and oxygen atoms in total. The van der Waals surface area contributed by atoms with Gasteiger partial charge in [-0.1, -0.05) is 249 Å². The number of rotatable bonds is 41. The topological polar surface area (TPSA) is 67.6 Å². The summed E-state index contributed by atoms with van der Waals surface area (Å²) in [6, 6.07) is 0. The molecule has 348 valence electrons. The van der Waals surface area contributed by atoms with Crippen LogP contribution in [0.2, 0.25) is 0 Å². The summed E-state index contributed by atoms with van der Waals surface area (Å²) < 4.78 is 8.84. The fraction of sp³-hybridized carbons (Fsp3) is 0.940. The lowest BCUT2D eigenvalue weighted by Gasteiger charge is -2.22. The maximum absolute atomic E-state index is 8.00. The predicted octanol–water partition coefficient (Wildman–Crippen LogP) is 17.1. The maximum atomic E-state index is 8.00. The van der Waals surface area contributed by atoms with Crippen molar-refractivity contribution in [1.82, 2.24) is 9.62 Å². The van der Waals surface area contributed by atoms with Crippen molar-refractivity contribution in [2.45, 2.75) is 268 Å². The monoisotopic (exact) mass is 822 g/mol. The summed E-state index contributed by atoms with van der Waals surface area (Å²) in [4.78, 5) is 10.7. The normalized spacial score (nSPS) is 10.0. The lowest BCUT2D eigenvalue weighted by Crippen LogP contribution is -2.28. The number of nitrogens with two attached hydrogens (primary N) is 1. The first-order valence-corrected chi connectivity index (χ1v) is 23.9. The number of nitrogens with one attached hydrogen (secondary N) is 1. The van der Waals surface area contributed by atoms with Crippen LogP contribution < -0.4 is 10.5 Å². The largest absolute Gasteiger partial charge is 0.499 e. The van der Waals surface area contributed by atoms with Gasteiger partial charge in [0.2, 0.25) is 0 Å². The van der Waals surface area contributed by atoms with Crippen LogP contribution in [0.1, 0.15) is 270 Å². The molecule has 0 amide bonds. The van der Waals surface area contributed by atoms with Crippen LogP contribution in [-0.2, 0) is 9.53 Å². The van der Waals surface area contributed by atoms with Crippen LogP contribution in [0.15, 0.2) is 12.3 Å². The van der Waals surface area contributed by atoms with E-state index < -0.39 is 0 Å². The lowest BCUT2D eigenvalue weighted by atomic mass is 10.0. The molecular weight excluding hydrogens is 707 g/mol. The Morgan fingerprint density at radius 3 is 1.07 bits per heavy atom. The predicted molar refractivity (Wildman–Crippen MR) is 268 cm³/mol. The third-order valence-electron chi connectivity index (χ3n) is 10.0. The lowest BCUT2D eigenvalue weighted by molar-refractivity contribution is -0.0980. The van der Waals surface area contributed by atoms with Gasteiger partial charge in [-0.3, -0.25) is 4.72 Å². The molecule has 0 aromatic carbocycles. The van der Waals surface area contributed by atoms with Gasteiger partial charge >= 0.3 is 0 Å². The SMILES string of the molecule is C.C.C.C=C(CCCCCCCN(CCCCCCCCCCCCCCCCCC)CCCNS)OCCCCCCC.C=O.CCCCCCCC.CN.[HH]. The summed E-state index contributed by atoms with van der Waals surface area (Å²) in [6.07, 6.45) is 46.8. The van der Waals surface area contributed by atoms with Gasteiger partial charge in [0.1, 0.15) is 6.79 Å². The average Bonchev–Trinajstić information content (AvgIpc) is 3.19. The van der Waals surface area contributed by atoms with Gasteiger partial charge in [-0.25, -0.2) is 0 Å². The molecule has 0 fully saturated rings. The Bertz CT molecular complexity index is 612.